The number of benzene rings is 1. The van der Waals surface area contributed by atoms with Crippen LogP contribution in [0.4, 0.5) is 5.69 Å². The van der Waals surface area contributed by atoms with E-state index in [0.29, 0.717) is 29.4 Å². The van der Waals surface area contributed by atoms with Crippen LogP contribution < -0.4 is 10.6 Å². The van der Waals surface area contributed by atoms with E-state index < -0.39 is 23.3 Å². The van der Waals surface area contributed by atoms with Crippen molar-refractivity contribution in [3.8, 4) is 0 Å². The highest BCUT2D eigenvalue weighted by atomic mass is 79.9. The maximum Gasteiger partial charge on any atom is 0.328 e. The molecule has 1 atom stereocenters. The first kappa shape index (κ1) is 28.5. The molecular formula is C27H28BrCl2N3O5. The summed E-state index contributed by atoms with van der Waals surface area (Å²) < 4.78 is 11.3. The highest BCUT2D eigenvalue weighted by Gasteiger charge is 2.55. The molecule has 0 unspecified atom stereocenters. The number of methoxy groups -OCH3 is 1. The van der Waals surface area contributed by atoms with Crippen LogP contribution >= 0.6 is 39.1 Å². The molecule has 4 rings (SSSR count). The molecule has 2 aromatic rings. The lowest BCUT2D eigenvalue weighted by molar-refractivity contribution is -0.146. The molecule has 0 bridgehead atoms. The quantitative estimate of drug-likeness (QED) is 0.356. The number of nitrogens with one attached hydrogen (secondary N) is 2. The molecule has 38 heavy (non-hydrogen) atoms. The van der Waals surface area contributed by atoms with Crippen LogP contribution in [0.1, 0.15) is 48.5 Å². The van der Waals surface area contributed by atoms with Crippen molar-refractivity contribution in [1.29, 1.82) is 0 Å². The number of aromatic nitrogens is 1. The molecule has 2 aliphatic rings. The van der Waals surface area contributed by atoms with Gasteiger partial charge in [0.1, 0.15) is 6.04 Å². The zero-order valence-electron chi connectivity index (χ0n) is 21.0. The van der Waals surface area contributed by atoms with Crippen LogP contribution in [0.3, 0.4) is 0 Å². The molecule has 1 aromatic carbocycles. The van der Waals surface area contributed by atoms with E-state index in [9.17, 15) is 14.4 Å². The number of rotatable bonds is 9. The van der Waals surface area contributed by atoms with Crippen LogP contribution in [0.25, 0.3) is 0 Å². The Morgan fingerprint density at radius 3 is 2.37 bits per heavy atom. The first-order valence-electron chi connectivity index (χ1n) is 12.3. The summed E-state index contributed by atoms with van der Waals surface area (Å²) in [6, 6.07) is 6.39. The molecule has 1 heterocycles. The van der Waals surface area contributed by atoms with E-state index >= 15 is 0 Å². The average Bonchev–Trinajstić information content (AvgIpc) is 2.91. The summed E-state index contributed by atoms with van der Waals surface area (Å²) in [5, 5.41) is 6.40. The fraction of sp³-hybridized carbons (Fsp3) is 0.407. The van der Waals surface area contributed by atoms with Gasteiger partial charge in [-0.15, -0.1) is 0 Å². The van der Waals surface area contributed by atoms with E-state index in [1.807, 2.05) is 12.1 Å². The summed E-state index contributed by atoms with van der Waals surface area (Å²) in [6.45, 7) is 1.99. The van der Waals surface area contributed by atoms with Crippen molar-refractivity contribution in [2.45, 2.75) is 51.2 Å². The van der Waals surface area contributed by atoms with Gasteiger partial charge in [-0.05, 0) is 66.2 Å². The highest BCUT2D eigenvalue weighted by Crippen LogP contribution is 2.53. The third kappa shape index (κ3) is 5.76. The molecule has 0 radical (unpaired) electrons. The smallest absolute Gasteiger partial charge is 0.328 e. The summed E-state index contributed by atoms with van der Waals surface area (Å²) in [5.74, 6) is -0.799. The van der Waals surface area contributed by atoms with E-state index in [1.54, 1.807) is 26.2 Å². The third-order valence-corrected chi connectivity index (χ3v) is 8.40. The predicted octanol–water partition coefficient (Wildman–Crippen LogP) is 5.47. The number of hydrogen-bond donors (Lipinski definition) is 2. The molecule has 1 saturated carbocycles. The molecule has 202 valence electrons. The first-order chi connectivity index (χ1) is 18.2. The maximum absolute atomic E-state index is 12.9. The second-order valence-electron chi connectivity index (χ2n) is 9.32. The van der Waals surface area contributed by atoms with E-state index in [4.69, 9.17) is 32.7 Å². The fourth-order valence-corrected chi connectivity index (χ4v) is 6.38. The number of carbonyl (C=O) groups excluding carboxylic acids is 3. The predicted molar refractivity (Wildman–Crippen MR) is 149 cm³/mol. The number of anilines is 1. The standard InChI is InChI=1S/C27H28BrCl2N3O5/c1-3-38-26(36)20(33-23-22(28)24(34)27(23)10-8-17(37-2)9-11-27)12-15-4-6-16(7-5-15)32-25(35)21-18(29)13-31-14-19(21)30/h4-7,13-14,17,20,33H,3,8-12H2,1-2H3,(H,32,35)/t17?,20-,27?/m0/s1. The minimum absolute atomic E-state index is 0.0617. The van der Waals surface area contributed by atoms with Gasteiger partial charge in [0.25, 0.3) is 5.91 Å². The molecule has 2 aliphatic carbocycles. The number of amides is 1. The number of esters is 1. The largest absolute Gasteiger partial charge is 0.464 e. The Hall–Kier alpha value is -2.46. The van der Waals surface area contributed by atoms with Crippen LogP contribution in [-0.4, -0.2) is 48.5 Å². The number of nitrogens with zero attached hydrogens (tertiary/aromatic N) is 1. The number of hydrogen-bond acceptors (Lipinski definition) is 7. The number of ether oxygens (including phenoxy) is 2. The van der Waals surface area contributed by atoms with Crippen LogP contribution in [-0.2, 0) is 25.5 Å². The van der Waals surface area contributed by atoms with Gasteiger partial charge in [0.15, 0.2) is 5.78 Å². The number of halogens is 3. The lowest BCUT2D eigenvalue weighted by Crippen LogP contribution is -2.54. The van der Waals surface area contributed by atoms with Gasteiger partial charge >= 0.3 is 5.97 Å². The molecule has 8 nitrogen and oxygen atoms in total. The monoisotopic (exact) mass is 623 g/mol. The highest BCUT2D eigenvalue weighted by molar-refractivity contribution is 9.12. The van der Waals surface area contributed by atoms with Gasteiger partial charge in [-0.1, -0.05) is 35.3 Å². The number of Topliss-reactive ketones (excluding diaryl/α,β-unsaturated/α-hetero) is 1. The van der Waals surface area contributed by atoms with Gasteiger partial charge < -0.3 is 20.1 Å². The molecule has 1 amide bonds. The van der Waals surface area contributed by atoms with Crippen LogP contribution in [0.15, 0.2) is 46.8 Å². The lowest BCUT2D eigenvalue weighted by Gasteiger charge is -2.47. The molecule has 11 heteroatoms. The van der Waals surface area contributed by atoms with E-state index in [2.05, 4.69) is 31.5 Å². The Morgan fingerprint density at radius 2 is 1.79 bits per heavy atom. The van der Waals surface area contributed by atoms with Crippen molar-refractivity contribution in [3.05, 3.63) is 68.0 Å². The van der Waals surface area contributed by atoms with Gasteiger partial charge in [-0.25, -0.2) is 4.79 Å². The van der Waals surface area contributed by atoms with E-state index in [0.717, 1.165) is 24.1 Å². The third-order valence-electron chi connectivity index (χ3n) is 7.07. The Bertz CT molecular complexity index is 1240. The summed E-state index contributed by atoms with van der Waals surface area (Å²) in [7, 11) is 1.69. The van der Waals surface area contributed by atoms with Crippen molar-refractivity contribution in [2.75, 3.05) is 19.0 Å². The summed E-state index contributed by atoms with van der Waals surface area (Å²) in [6.07, 6.45) is 6.05. The first-order valence-corrected chi connectivity index (χ1v) is 13.8. The molecule has 1 aromatic heterocycles. The van der Waals surface area contributed by atoms with Crippen LogP contribution in [0.5, 0.6) is 0 Å². The van der Waals surface area contributed by atoms with Crippen molar-refractivity contribution in [3.63, 3.8) is 0 Å². The summed E-state index contributed by atoms with van der Waals surface area (Å²) >= 11 is 15.6. The molecule has 1 spiro atoms. The Balaban J connectivity index is 1.48. The zero-order chi connectivity index (χ0) is 27.4. The van der Waals surface area contributed by atoms with Gasteiger partial charge in [0.2, 0.25) is 0 Å². The Kier molecular flexibility index (Phi) is 9.13. The minimum Gasteiger partial charge on any atom is -0.464 e. The van der Waals surface area contributed by atoms with Crippen molar-refractivity contribution >= 4 is 62.5 Å². The van der Waals surface area contributed by atoms with Gasteiger partial charge in [0, 0.05) is 37.3 Å². The maximum atomic E-state index is 12.9. The van der Waals surface area contributed by atoms with Crippen molar-refractivity contribution in [1.82, 2.24) is 10.3 Å². The molecule has 1 fully saturated rings. The van der Waals surface area contributed by atoms with Crippen molar-refractivity contribution in [2.24, 2.45) is 5.41 Å². The molecule has 2 N–H and O–H groups in total. The summed E-state index contributed by atoms with van der Waals surface area (Å²) in [4.78, 5) is 42.3. The number of allylic oxidation sites excluding steroid dienone is 2. The second-order valence-corrected chi connectivity index (χ2v) is 10.9. The molecular weight excluding hydrogens is 597 g/mol. The Labute approximate surface area is 239 Å². The molecule has 0 aliphatic heterocycles. The van der Waals surface area contributed by atoms with Crippen LogP contribution in [0, 0.1) is 5.41 Å². The number of pyridine rings is 1. The second kappa shape index (κ2) is 12.2. The Morgan fingerprint density at radius 1 is 1.16 bits per heavy atom. The number of ketones is 1. The lowest BCUT2D eigenvalue weighted by atomic mass is 9.62. The van der Waals surface area contributed by atoms with Gasteiger partial charge in [-0.3, -0.25) is 14.6 Å². The fourth-order valence-electron chi connectivity index (χ4n) is 4.98. The molecule has 0 saturated heterocycles. The minimum atomic E-state index is -0.697. The van der Waals surface area contributed by atoms with E-state index in [-0.39, 0.29) is 34.1 Å². The normalized spacial score (nSPS) is 21.6. The van der Waals surface area contributed by atoms with Crippen molar-refractivity contribution < 1.29 is 23.9 Å². The van der Waals surface area contributed by atoms with Gasteiger partial charge in [0.05, 0.1) is 38.2 Å². The topological polar surface area (TPSA) is 107 Å². The van der Waals surface area contributed by atoms with Crippen LogP contribution in [0.2, 0.25) is 10.0 Å². The van der Waals surface area contributed by atoms with E-state index in [1.165, 1.54) is 12.4 Å². The average molecular weight is 625 g/mol. The zero-order valence-corrected chi connectivity index (χ0v) is 24.1. The SMILES string of the molecule is CCOC(=O)[C@H](Cc1ccc(NC(=O)c2c(Cl)cncc2Cl)cc1)NC1=C(Br)C(=O)C12CCC(OC)CC2. The number of carbonyl (C=O) groups is 3. The summed E-state index contributed by atoms with van der Waals surface area (Å²) in [5.41, 5.74) is 1.65. The van der Waals surface area contributed by atoms with Gasteiger partial charge in [-0.2, -0.15) is 0 Å².